The van der Waals surface area contributed by atoms with Crippen LogP contribution in [0, 0.1) is 0 Å². The van der Waals surface area contributed by atoms with E-state index in [1.807, 2.05) is 0 Å². The minimum atomic E-state index is -3.55. The van der Waals surface area contributed by atoms with Crippen LogP contribution in [0.15, 0.2) is 23.1 Å². The van der Waals surface area contributed by atoms with Gasteiger partial charge >= 0.3 is 0 Å². The molecule has 6 nitrogen and oxygen atoms in total. The van der Waals surface area contributed by atoms with Crippen molar-refractivity contribution in [2.24, 2.45) is 0 Å². The monoisotopic (exact) mass is 387 g/mol. The number of alkyl halides is 3. The van der Waals surface area contributed by atoms with Crippen molar-refractivity contribution in [2.75, 3.05) is 12.4 Å². The second kappa shape index (κ2) is 5.86. The van der Waals surface area contributed by atoms with Crippen LogP contribution < -0.4 is 10.0 Å². The van der Waals surface area contributed by atoms with E-state index in [4.69, 9.17) is 34.8 Å². The summed E-state index contributed by atoms with van der Waals surface area (Å²) in [6.07, 6.45) is 0. The standard InChI is InChI=1S/C10H8Cl3N3O3S2/c1-14-21(18,19)5-2-3-6-7(4-5)20-9(15-6)16-8(17)10(11,12)13/h2-4,14H,1H3,(H,15,16,17). The van der Waals surface area contributed by atoms with Crippen LogP contribution in [0.25, 0.3) is 10.2 Å². The highest BCUT2D eigenvalue weighted by Gasteiger charge is 2.31. The lowest BCUT2D eigenvalue weighted by Crippen LogP contribution is -2.26. The van der Waals surface area contributed by atoms with Gasteiger partial charge in [-0.2, -0.15) is 0 Å². The summed E-state index contributed by atoms with van der Waals surface area (Å²) >= 11 is 17.4. The number of halogens is 3. The van der Waals surface area contributed by atoms with E-state index < -0.39 is 19.7 Å². The normalized spacial score (nSPS) is 12.6. The average molecular weight is 389 g/mol. The average Bonchev–Trinajstić information content (AvgIpc) is 2.78. The molecule has 2 rings (SSSR count). The van der Waals surface area contributed by atoms with Crippen LogP contribution in [0.3, 0.4) is 0 Å². The van der Waals surface area contributed by atoms with Gasteiger partial charge in [-0.05, 0) is 25.2 Å². The lowest BCUT2D eigenvalue weighted by Gasteiger charge is -2.08. The Kier molecular flexibility index (Phi) is 4.67. The fraction of sp³-hybridized carbons (Fsp3) is 0.200. The summed E-state index contributed by atoms with van der Waals surface area (Å²) in [6.45, 7) is 0. The Balaban J connectivity index is 2.37. The third-order valence-corrected chi connectivity index (χ3v) is 5.28. The van der Waals surface area contributed by atoms with E-state index in [9.17, 15) is 13.2 Å². The number of hydrogen-bond donors (Lipinski definition) is 2. The summed E-state index contributed by atoms with van der Waals surface area (Å²) in [5.41, 5.74) is 0.523. The van der Waals surface area contributed by atoms with Crippen molar-refractivity contribution in [1.29, 1.82) is 0 Å². The largest absolute Gasteiger partial charge is 0.298 e. The van der Waals surface area contributed by atoms with Crippen LogP contribution in [-0.4, -0.2) is 30.1 Å². The predicted molar refractivity (Wildman–Crippen MR) is 84.8 cm³/mol. The van der Waals surface area contributed by atoms with Crippen LogP contribution in [0.1, 0.15) is 0 Å². The third kappa shape index (κ3) is 3.77. The van der Waals surface area contributed by atoms with Crippen LogP contribution in [0.5, 0.6) is 0 Å². The molecule has 0 fully saturated rings. The van der Waals surface area contributed by atoms with Crippen LogP contribution in [0.4, 0.5) is 5.13 Å². The number of anilines is 1. The molecular formula is C10H8Cl3N3O3S2. The second-order valence-electron chi connectivity index (χ2n) is 3.81. The zero-order chi connectivity index (χ0) is 15.8. The summed E-state index contributed by atoms with van der Waals surface area (Å²) in [7, 11) is -2.23. The van der Waals surface area contributed by atoms with Crippen LogP contribution in [-0.2, 0) is 14.8 Å². The highest BCUT2D eigenvalue weighted by atomic mass is 35.6. The summed E-state index contributed by atoms with van der Waals surface area (Å²) < 4.78 is 24.1. The van der Waals surface area contributed by atoms with Gasteiger partial charge in [-0.15, -0.1) is 0 Å². The number of rotatable bonds is 3. The Morgan fingerprint density at radius 3 is 2.57 bits per heavy atom. The first kappa shape index (κ1) is 16.7. The maximum atomic E-state index is 11.7. The molecule has 1 heterocycles. The highest BCUT2D eigenvalue weighted by Crippen LogP contribution is 2.31. The van der Waals surface area contributed by atoms with Gasteiger partial charge in [-0.3, -0.25) is 10.1 Å². The second-order valence-corrected chi connectivity index (χ2v) is 9.01. The fourth-order valence-corrected chi connectivity index (χ4v) is 3.28. The number of carbonyl (C=O) groups excluding carboxylic acids is 1. The molecule has 0 bridgehead atoms. The van der Waals surface area contributed by atoms with E-state index in [1.54, 1.807) is 0 Å². The van der Waals surface area contributed by atoms with Gasteiger partial charge in [0.25, 0.3) is 9.70 Å². The summed E-state index contributed by atoms with van der Waals surface area (Å²) in [5, 5.41) is 2.56. The van der Waals surface area contributed by atoms with Gasteiger partial charge in [0.1, 0.15) is 0 Å². The smallest absolute Gasteiger partial charge is 0.278 e. The molecule has 1 amide bonds. The molecule has 2 N–H and O–H groups in total. The molecule has 21 heavy (non-hydrogen) atoms. The van der Waals surface area contributed by atoms with Crippen molar-refractivity contribution in [1.82, 2.24) is 9.71 Å². The molecule has 0 aliphatic carbocycles. The van der Waals surface area contributed by atoms with E-state index >= 15 is 0 Å². The van der Waals surface area contributed by atoms with Gasteiger partial charge in [-0.25, -0.2) is 18.1 Å². The zero-order valence-corrected chi connectivity index (χ0v) is 14.3. The van der Waals surface area contributed by atoms with E-state index in [0.717, 1.165) is 11.3 Å². The lowest BCUT2D eigenvalue weighted by molar-refractivity contribution is -0.115. The number of nitrogens with one attached hydrogen (secondary N) is 2. The minimum Gasteiger partial charge on any atom is -0.298 e. The Hall–Kier alpha value is -0.640. The lowest BCUT2D eigenvalue weighted by atomic mass is 10.3. The van der Waals surface area contributed by atoms with Crippen molar-refractivity contribution in [3.8, 4) is 0 Å². The number of benzene rings is 1. The van der Waals surface area contributed by atoms with Crippen molar-refractivity contribution in [3.05, 3.63) is 18.2 Å². The first-order valence-corrected chi connectivity index (χ1v) is 8.79. The third-order valence-electron chi connectivity index (χ3n) is 2.42. The van der Waals surface area contributed by atoms with Gasteiger partial charge < -0.3 is 0 Å². The molecule has 0 radical (unpaired) electrons. The molecule has 2 aromatic rings. The van der Waals surface area contributed by atoms with Gasteiger partial charge in [0.05, 0.1) is 15.1 Å². The molecule has 0 spiro atoms. The van der Waals surface area contributed by atoms with Gasteiger partial charge in [0.15, 0.2) is 5.13 Å². The van der Waals surface area contributed by atoms with Gasteiger partial charge in [-0.1, -0.05) is 46.1 Å². The summed E-state index contributed by atoms with van der Waals surface area (Å²) in [6, 6.07) is 4.39. The molecule has 1 aromatic carbocycles. The molecule has 0 unspecified atom stereocenters. The molecule has 0 atom stereocenters. The maximum absolute atomic E-state index is 11.7. The predicted octanol–water partition coefficient (Wildman–Crippen LogP) is 2.51. The van der Waals surface area contributed by atoms with Crippen molar-refractivity contribution >= 4 is 77.4 Å². The van der Waals surface area contributed by atoms with E-state index in [2.05, 4.69) is 15.0 Å². The van der Waals surface area contributed by atoms with Crippen molar-refractivity contribution in [3.63, 3.8) is 0 Å². The Morgan fingerprint density at radius 2 is 2.00 bits per heavy atom. The number of fused-ring (bicyclic) bond motifs is 1. The molecule has 11 heteroatoms. The first-order chi connectivity index (χ1) is 9.63. The number of aromatic nitrogens is 1. The topological polar surface area (TPSA) is 88.2 Å². The molecule has 0 saturated heterocycles. The molecule has 0 aliphatic heterocycles. The summed E-state index contributed by atoms with van der Waals surface area (Å²) in [5.74, 6) is -0.838. The number of sulfonamides is 1. The van der Waals surface area contributed by atoms with Crippen LogP contribution in [0.2, 0.25) is 0 Å². The molecule has 1 aromatic heterocycles. The van der Waals surface area contributed by atoms with Crippen molar-refractivity contribution < 1.29 is 13.2 Å². The maximum Gasteiger partial charge on any atom is 0.278 e. The van der Waals surface area contributed by atoms with Gasteiger partial charge in [0.2, 0.25) is 10.0 Å². The number of hydrogen-bond acceptors (Lipinski definition) is 5. The number of amides is 1. The Labute approximate surface area is 139 Å². The zero-order valence-electron chi connectivity index (χ0n) is 10.4. The minimum absolute atomic E-state index is 0.0976. The molecular weight excluding hydrogens is 381 g/mol. The van der Waals surface area contributed by atoms with Gasteiger partial charge in [0, 0.05) is 0 Å². The number of thiazole rings is 1. The Bertz CT molecular complexity index is 799. The summed E-state index contributed by atoms with van der Waals surface area (Å²) in [4.78, 5) is 15.7. The number of nitrogens with zero attached hydrogens (tertiary/aromatic N) is 1. The van der Waals surface area contributed by atoms with Crippen molar-refractivity contribution in [2.45, 2.75) is 8.69 Å². The molecule has 0 saturated carbocycles. The van der Waals surface area contributed by atoms with Crippen LogP contribution >= 0.6 is 46.1 Å². The highest BCUT2D eigenvalue weighted by molar-refractivity contribution is 7.89. The fourth-order valence-electron chi connectivity index (χ4n) is 1.41. The van der Waals surface area contributed by atoms with E-state index in [1.165, 1.54) is 25.2 Å². The quantitative estimate of drug-likeness (QED) is 0.791. The van der Waals surface area contributed by atoms with E-state index in [-0.39, 0.29) is 10.0 Å². The number of carbonyl (C=O) groups is 1. The first-order valence-electron chi connectivity index (χ1n) is 5.36. The van der Waals surface area contributed by atoms with E-state index in [0.29, 0.717) is 10.2 Å². The molecule has 114 valence electrons. The SMILES string of the molecule is CNS(=O)(=O)c1ccc2nc(NC(=O)C(Cl)(Cl)Cl)sc2c1. The Morgan fingerprint density at radius 1 is 1.33 bits per heavy atom. The molecule has 0 aliphatic rings.